The van der Waals surface area contributed by atoms with E-state index in [2.05, 4.69) is 19.3 Å². The fourth-order valence-electron chi connectivity index (χ4n) is 3.61. The zero-order valence-corrected chi connectivity index (χ0v) is 13.2. The van der Waals surface area contributed by atoms with Crippen molar-refractivity contribution < 1.29 is 14.7 Å². The largest absolute Gasteiger partial charge is 0.480 e. The molecular formula is C15H27N3O3. The Hall–Kier alpha value is -1.30. The van der Waals surface area contributed by atoms with Crippen LogP contribution in [-0.2, 0) is 4.79 Å². The molecule has 0 aliphatic carbocycles. The van der Waals surface area contributed by atoms with Gasteiger partial charge in [-0.1, -0.05) is 13.3 Å². The van der Waals surface area contributed by atoms with Gasteiger partial charge in [-0.3, -0.25) is 5.43 Å². The number of hydrogen-bond donors (Lipinski definition) is 2. The van der Waals surface area contributed by atoms with E-state index >= 15 is 0 Å². The summed E-state index contributed by atoms with van der Waals surface area (Å²) in [4.78, 5) is 25.5. The maximum Gasteiger partial charge on any atom is 0.332 e. The van der Waals surface area contributed by atoms with Crippen molar-refractivity contribution in [2.45, 2.75) is 71.0 Å². The van der Waals surface area contributed by atoms with Crippen molar-refractivity contribution in [1.29, 1.82) is 0 Å². The van der Waals surface area contributed by atoms with Crippen molar-refractivity contribution >= 4 is 12.0 Å². The second kappa shape index (κ2) is 6.64. The van der Waals surface area contributed by atoms with E-state index in [0.717, 1.165) is 25.7 Å². The summed E-state index contributed by atoms with van der Waals surface area (Å²) in [6.45, 7) is 6.63. The molecule has 0 radical (unpaired) electrons. The molecule has 2 fully saturated rings. The molecular weight excluding hydrogens is 270 g/mol. The molecule has 2 aliphatic heterocycles. The minimum absolute atomic E-state index is 0.00166. The van der Waals surface area contributed by atoms with Gasteiger partial charge in [-0.05, 0) is 45.4 Å². The average molecular weight is 297 g/mol. The highest BCUT2D eigenvalue weighted by Gasteiger charge is 2.38. The lowest BCUT2D eigenvalue weighted by molar-refractivity contribution is -0.145. The van der Waals surface area contributed by atoms with Gasteiger partial charge in [0, 0.05) is 18.6 Å². The average Bonchev–Trinajstić information content (AvgIpc) is 2.42. The van der Waals surface area contributed by atoms with Gasteiger partial charge in [0.1, 0.15) is 6.04 Å². The number of urea groups is 1. The Morgan fingerprint density at radius 3 is 2.24 bits per heavy atom. The number of carboxylic acid groups (broad SMARTS) is 1. The van der Waals surface area contributed by atoms with Crippen LogP contribution >= 0.6 is 0 Å². The zero-order chi connectivity index (χ0) is 15.6. The first-order valence-corrected chi connectivity index (χ1v) is 8.00. The van der Waals surface area contributed by atoms with Gasteiger partial charge >= 0.3 is 12.0 Å². The predicted molar refractivity (Wildman–Crippen MR) is 79.7 cm³/mol. The number of hydrazine groups is 1. The minimum atomic E-state index is -0.905. The Bertz CT molecular complexity index is 392. The van der Waals surface area contributed by atoms with Gasteiger partial charge < -0.3 is 10.0 Å². The molecule has 2 aliphatic rings. The van der Waals surface area contributed by atoms with Crippen molar-refractivity contribution in [2.24, 2.45) is 5.92 Å². The molecule has 21 heavy (non-hydrogen) atoms. The summed E-state index contributed by atoms with van der Waals surface area (Å²) in [5.41, 5.74) is 2.95. The van der Waals surface area contributed by atoms with E-state index in [1.807, 2.05) is 11.9 Å². The van der Waals surface area contributed by atoms with Gasteiger partial charge in [-0.15, -0.1) is 0 Å². The van der Waals surface area contributed by atoms with Crippen LogP contribution in [0, 0.1) is 5.92 Å². The summed E-state index contributed by atoms with van der Waals surface area (Å²) in [5, 5.41) is 11.4. The molecule has 4 atom stereocenters. The number of nitrogens with one attached hydrogen (secondary N) is 1. The number of carbonyl (C=O) groups is 2. The first-order valence-electron chi connectivity index (χ1n) is 8.00. The number of carboxylic acids is 1. The van der Waals surface area contributed by atoms with Gasteiger partial charge in [0.15, 0.2) is 0 Å². The number of aliphatic carboxylic acids is 1. The van der Waals surface area contributed by atoms with Crippen LogP contribution in [0.2, 0.25) is 0 Å². The van der Waals surface area contributed by atoms with E-state index in [1.54, 1.807) is 0 Å². The molecule has 0 aromatic heterocycles. The Morgan fingerprint density at radius 1 is 1.05 bits per heavy atom. The van der Waals surface area contributed by atoms with E-state index in [-0.39, 0.29) is 11.9 Å². The van der Waals surface area contributed by atoms with Crippen LogP contribution in [0.4, 0.5) is 4.79 Å². The van der Waals surface area contributed by atoms with Gasteiger partial charge in [0.25, 0.3) is 0 Å². The Kier molecular flexibility index (Phi) is 5.08. The zero-order valence-electron chi connectivity index (χ0n) is 13.2. The van der Waals surface area contributed by atoms with Gasteiger partial charge in [0.2, 0.25) is 0 Å². The highest BCUT2D eigenvalue weighted by molar-refractivity contribution is 5.83. The van der Waals surface area contributed by atoms with Gasteiger partial charge in [-0.25, -0.2) is 14.6 Å². The van der Waals surface area contributed by atoms with Crippen LogP contribution in [-0.4, -0.2) is 51.7 Å². The molecule has 6 heteroatoms. The molecule has 0 aromatic carbocycles. The topological polar surface area (TPSA) is 72.9 Å². The number of carbonyl (C=O) groups excluding carboxylic acids is 1. The molecule has 2 amide bonds. The number of hydrogen-bond acceptors (Lipinski definition) is 3. The Balaban J connectivity index is 2.05. The van der Waals surface area contributed by atoms with Crippen LogP contribution in [0.15, 0.2) is 0 Å². The van der Waals surface area contributed by atoms with Crippen molar-refractivity contribution in [1.82, 2.24) is 15.3 Å². The van der Waals surface area contributed by atoms with Crippen LogP contribution in [0.25, 0.3) is 0 Å². The third-order valence-corrected chi connectivity index (χ3v) is 4.87. The number of nitrogens with zero attached hydrogens (tertiary/aromatic N) is 2. The monoisotopic (exact) mass is 297 g/mol. The van der Waals surface area contributed by atoms with E-state index in [9.17, 15) is 14.7 Å². The van der Waals surface area contributed by atoms with E-state index in [0.29, 0.717) is 18.6 Å². The van der Waals surface area contributed by atoms with E-state index in [4.69, 9.17) is 0 Å². The number of amides is 2. The number of piperidine rings is 2. The first kappa shape index (κ1) is 16.1. The highest BCUT2D eigenvalue weighted by Crippen LogP contribution is 2.25. The molecule has 4 unspecified atom stereocenters. The lowest BCUT2D eigenvalue weighted by atomic mass is 9.91. The smallest absolute Gasteiger partial charge is 0.332 e. The quantitative estimate of drug-likeness (QED) is 0.818. The summed E-state index contributed by atoms with van der Waals surface area (Å²) in [6, 6.07) is -0.393. The van der Waals surface area contributed by atoms with Crippen molar-refractivity contribution in [3.8, 4) is 0 Å². The standard InChI is InChI=1S/C15H27N3O3/c1-10-6-5-9-17(13(10)14(19)20)15(21)16-18-11(2)7-4-8-12(18)3/h10-13H,4-9H2,1-3H3,(H,16,21)(H,19,20). The van der Waals surface area contributed by atoms with Crippen molar-refractivity contribution in [3.63, 3.8) is 0 Å². The van der Waals surface area contributed by atoms with E-state index in [1.165, 1.54) is 11.3 Å². The molecule has 2 rings (SSSR count). The third-order valence-electron chi connectivity index (χ3n) is 4.87. The van der Waals surface area contributed by atoms with Gasteiger partial charge in [0.05, 0.1) is 0 Å². The molecule has 0 bridgehead atoms. The minimum Gasteiger partial charge on any atom is -0.480 e. The number of rotatable bonds is 2. The lowest BCUT2D eigenvalue weighted by Crippen LogP contribution is -2.61. The highest BCUT2D eigenvalue weighted by atomic mass is 16.4. The number of likely N-dealkylation sites (tertiary alicyclic amines) is 1. The van der Waals surface area contributed by atoms with Crippen LogP contribution in [0.1, 0.15) is 52.9 Å². The SMILES string of the molecule is CC1CCCN(C(=O)NN2C(C)CCCC2C)C1C(=O)O. The van der Waals surface area contributed by atoms with Crippen LogP contribution in [0.3, 0.4) is 0 Å². The van der Waals surface area contributed by atoms with Crippen molar-refractivity contribution in [3.05, 3.63) is 0 Å². The molecule has 0 spiro atoms. The second-order valence-electron chi connectivity index (χ2n) is 6.55. The maximum atomic E-state index is 12.5. The summed E-state index contributed by atoms with van der Waals surface area (Å²) in [7, 11) is 0. The van der Waals surface area contributed by atoms with Crippen LogP contribution < -0.4 is 5.43 Å². The summed E-state index contributed by atoms with van der Waals surface area (Å²) in [5.74, 6) is -0.907. The van der Waals surface area contributed by atoms with Gasteiger partial charge in [-0.2, -0.15) is 0 Å². The second-order valence-corrected chi connectivity index (χ2v) is 6.55. The Morgan fingerprint density at radius 2 is 1.67 bits per heavy atom. The normalized spacial score (nSPS) is 34.5. The van der Waals surface area contributed by atoms with Crippen LogP contribution in [0.5, 0.6) is 0 Å². The summed E-state index contributed by atoms with van der Waals surface area (Å²) in [6.07, 6.45) is 5.01. The molecule has 2 N–H and O–H groups in total. The maximum absolute atomic E-state index is 12.5. The Labute approximate surface area is 126 Å². The molecule has 2 saturated heterocycles. The fraction of sp³-hybridized carbons (Fsp3) is 0.867. The molecule has 0 saturated carbocycles. The molecule has 0 aromatic rings. The first-order chi connectivity index (χ1) is 9.91. The third kappa shape index (κ3) is 3.48. The molecule has 6 nitrogen and oxygen atoms in total. The lowest BCUT2D eigenvalue weighted by Gasteiger charge is -2.42. The molecule has 2 heterocycles. The fourth-order valence-corrected chi connectivity index (χ4v) is 3.61. The van der Waals surface area contributed by atoms with Crippen molar-refractivity contribution in [2.75, 3.05) is 6.54 Å². The summed E-state index contributed by atoms with van der Waals surface area (Å²) >= 11 is 0. The summed E-state index contributed by atoms with van der Waals surface area (Å²) < 4.78 is 0. The van der Waals surface area contributed by atoms with E-state index < -0.39 is 12.0 Å². The predicted octanol–water partition coefficient (Wildman–Crippen LogP) is 2.06. The molecule has 120 valence electrons.